The van der Waals surface area contributed by atoms with E-state index in [1.807, 2.05) is 0 Å². The van der Waals surface area contributed by atoms with Crippen LogP contribution in [0.2, 0.25) is 0 Å². The summed E-state index contributed by atoms with van der Waals surface area (Å²) in [6, 6.07) is 17.5. The van der Waals surface area contributed by atoms with Crippen molar-refractivity contribution in [3.8, 4) is 0 Å². The molecule has 2 aromatic rings. The molecule has 0 saturated heterocycles. The molecule has 0 N–H and O–H groups in total. The van der Waals surface area contributed by atoms with E-state index in [2.05, 4.69) is 59.1 Å². The minimum atomic E-state index is 0.994. The molecule has 0 bridgehead atoms. The van der Waals surface area contributed by atoms with Crippen molar-refractivity contribution in [2.45, 2.75) is 13.0 Å². The van der Waals surface area contributed by atoms with E-state index >= 15 is 0 Å². The summed E-state index contributed by atoms with van der Waals surface area (Å²) < 4.78 is 2.38. The molecule has 1 aliphatic rings. The fourth-order valence-electron chi connectivity index (χ4n) is 2.40. The topological polar surface area (TPSA) is 3.24 Å². The van der Waals surface area contributed by atoms with Gasteiger partial charge >= 0.3 is 0 Å². The van der Waals surface area contributed by atoms with Crippen LogP contribution in [0.15, 0.2) is 48.5 Å². The van der Waals surface area contributed by atoms with Crippen LogP contribution in [0, 0.1) is 0 Å². The first-order valence-electron chi connectivity index (χ1n) is 5.85. The monoisotopic (exact) mass is 241 g/mol. The smallest absolute Gasteiger partial charge is 0.0548 e. The molecule has 86 valence electrons. The maximum absolute atomic E-state index is 2.38. The Kier molecular flexibility index (Phi) is 2.81. The third kappa shape index (κ3) is 1.93. The molecule has 0 amide bonds. The molecular formula is C15H15NS. The summed E-state index contributed by atoms with van der Waals surface area (Å²) in [4.78, 5) is 0. The zero-order valence-corrected chi connectivity index (χ0v) is 10.7. The van der Waals surface area contributed by atoms with E-state index in [9.17, 15) is 0 Å². The predicted octanol–water partition coefficient (Wildman–Crippen LogP) is 3.88. The lowest BCUT2D eigenvalue weighted by atomic mass is 10.0. The standard InChI is InChI=1S/C15H15NS/c1-17-16-11-14-8-3-2-6-12(14)10-13-7-4-5-9-15(13)16/h2-9H,10-11H2,1H3. The van der Waals surface area contributed by atoms with Crippen LogP contribution in [0.1, 0.15) is 16.7 Å². The number of para-hydroxylation sites is 1. The second kappa shape index (κ2) is 4.46. The molecule has 0 aromatic heterocycles. The normalized spacial score (nSPS) is 13.8. The van der Waals surface area contributed by atoms with Crippen LogP contribution in [-0.4, -0.2) is 6.26 Å². The lowest BCUT2D eigenvalue weighted by Gasteiger charge is -2.21. The van der Waals surface area contributed by atoms with Gasteiger partial charge in [0.05, 0.1) is 12.2 Å². The number of nitrogens with zero attached hydrogens (tertiary/aromatic N) is 1. The molecule has 0 fully saturated rings. The maximum Gasteiger partial charge on any atom is 0.0548 e. The molecule has 1 aliphatic heterocycles. The Morgan fingerprint density at radius 2 is 1.53 bits per heavy atom. The van der Waals surface area contributed by atoms with Gasteiger partial charge in [-0.1, -0.05) is 54.4 Å². The van der Waals surface area contributed by atoms with E-state index in [0.29, 0.717) is 0 Å². The van der Waals surface area contributed by atoms with Crippen molar-refractivity contribution in [3.05, 3.63) is 65.2 Å². The zero-order chi connectivity index (χ0) is 11.7. The fraction of sp³-hybridized carbons (Fsp3) is 0.200. The highest BCUT2D eigenvalue weighted by Gasteiger charge is 2.17. The highest BCUT2D eigenvalue weighted by atomic mass is 32.2. The Morgan fingerprint density at radius 1 is 0.882 bits per heavy atom. The molecule has 0 aliphatic carbocycles. The second-order valence-corrected chi connectivity index (χ2v) is 5.10. The van der Waals surface area contributed by atoms with Crippen LogP contribution in [0.3, 0.4) is 0 Å². The number of anilines is 1. The molecule has 1 nitrogen and oxygen atoms in total. The quantitative estimate of drug-likeness (QED) is 0.697. The van der Waals surface area contributed by atoms with Crippen molar-refractivity contribution in [2.75, 3.05) is 10.6 Å². The van der Waals surface area contributed by atoms with E-state index in [-0.39, 0.29) is 0 Å². The van der Waals surface area contributed by atoms with Crippen LogP contribution < -0.4 is 4.31 Å². The molecule has 1 heterocycles. The van der Waals surface area contributed by atoms with Gasteiger partial charge in [0.15, 0.2) is 0 Å². The first-order valence-corrected chi connectivity index (χ1v) is 7.03. The minimum Gasteiger partial charge on any atom is -0.312 e. The third-order valence-corrected chi connectivity index (χ3v) is 4.06. The van der Waals surface area contributed by atoms with E-state index in [1.54, 1.807) is 11.9 Å². The van der Waals surface area contributed by atoms with Crippen molar-refractivity contribution < 1.29 is 0 Å². The zero-order valence-electron chi connectivity index (χ0n) is 9.89. The molecule has 2 heteroatoms. The largest absolute Gasteiger partial charge is 0.312 e. The van der Waals surface area contributed by atoms with E-state index in [0.717, 1.165) is 13.0 Å². The van der Waals surface area contributed by atoms with Gasteiger partial charge < -0.3 is 4.31 Å². The van der Waals surface area contributed by atoms with E-state index in [1.165, 1.54) is 22.4 Å². The lowest BCUT2D eigenvalue weighted by Crippen LogP contribution is -2.12. The summed E-state index contributed by atoms with van der Waals surface area (Å²) in [6.45, 7) is 0.994. The molecule has 0 saturated carbocycles. The van der Waals surface area contributed by atoms with Crippen LogP contribution in [-0.2, 0) is 13.0 Å². The van der Waals surface area contributed by atoms with Crippen molar-refractivity contribution in [2.24, 2.45) is 0 Å². The van der Waals surface area contributed by atoms with Crippen LogP contribution >= 0.6 is 11.9 Å². The molecule has 0 radical (unpaired) electrons. The Morgan fingerprint density at radius 3 is 2.29 bits per heavy atom. The second-order valence-electron chi connectivity index (χ2n) is 4.29. The van der Waals surface area contributed by atoms with Gasteiger partial charge in [-0.25, -0.2) is 0 Å². The molecule has 3 rings (SSSR count). The first kappa shape index (κ1) is 10.7. The van der Waals surface area contributed by atoms with Gasteiger partial charge in [-0.05, 0) is 29.2 Å². The van der Waals surface area contributed by atoms with Crippen LogP contribution in [0.25, 0.3) is 0 Å². The molecular weight excluding hydrogens is 226 g/mol. The Hall–Kier alpha value is -1.41. The van der Waals surface area contributed by atoms with Gasteiger partial charge in [0.25, 0.3) is 0 Å². The molecule has 0 atom stereocenters. The Bertz CT molecular complexity index is 536. The summed E-state index contributed by atoms with van der Waals surface area (Å²) >= 11 is 1.80. The fourth-order valence-corrected chi connectivity index (χ4v) is 3.04. The SMILES string of the molecule is CSN1Cc2ccccc2Cc2ccccc21. The minimum absolute atomic E-state index is 0.994. The lowest BCUT2D eigenvalue weighted by molar-refractivity contribution is 1.05. The van der Waals surface area contributed by atoms with Crippen molar-refractivity contribution in [3.63, 3.8) is 0 Å². The summed E-state index contributed by atoms with van der Waals surface area (Å²) in [6.07, 6.45) is 3.19. The van der Waals surface area contributed by atoms with Crippen LogP contribution in [0.5, 0.6) is 0 Å². The summed E-state index contributed by atoms with van der Waals surface area (Å²) in [5.41, 5.74) is 5.68. The average Bonchev–Trinajstić information content (AvgIpc) is 2.54. The third-order valence-electron chi connectivity index (χ3n) is 3.29. The summed E-state index contributed by atoms with van der Waals surface area (Å²) in [7, 11) is 0. The molecule has 17 heavy (non-hydrogen) atoms. The summed E-state index contributed by atoms with van der Waals surface area (Å²) in [5.74, 6) is 0. The average molecular weight is 241 g/mol. The van der Waals surface area contributed by atoms with Gasteiger partial charge in [-0.2, -0.15) is 0 Å². The first-order chi connectivity index (χ1) is 8.38. The van der Waals surface area contributed by atoms with Gasteiger partial charge in [-0.3, -0.25) is 0 Å². The van der Waals surface area contributed by atoms with Gasteiger partial charge in [0.2, 0.25) is 0 Å². The van der Waals surface area contributed by atoms with Crippen LogP contribution in [0.4, 0.5) is 5.69 Å². The number of hydrogen-bond donors (Lipinski definition) is 0. The van der Waals surface area contributed by atoms with E-state index in [4.69, 9.17) is 0 Å². The molecule has 0 spiro atoms. The maximum atomic E-state index is 2.38. The Labute approximate surface area is 107 Å². The van der Waals surface area contributed by atoms with Crippen molar-refractivity contribution >= 4 is 17.6 Å². The number of benzene rings is 2. The number of rotatable bonds is 1. The van der Waals surface area contributed by atoms with Crippen molar-refractivity contribution in [1.29, 1.82) is 0 Å². The highest BCUT2D eigenvalue weighted by Crippen LogP contribution is 2.33. The van der Waals surface area contributed by atoms with Gasteiger partial charge in [0, 0.05) is 6.26 Å². The Balaban J connectivity index is 2.13. The molecule has 2 aromatic carbocycles. The van der Waals surface area contributed by atoms with Gasteiger partial charge in [0.1, 0.15) is 0 Å². The summed E-state index contributed by atoms with van der Waals surface area (Å²) in [5, 5.41) is 0. The number of hydrogen-bond acceptors (Lipinski definition) is 2. The highest BCUT2D eigenvalue weighted by molar-refractivity contribution is 7.99. The predicted molar refractivity (Wildman–Crippen MR) is 75.4 cm³/mol. The van der Waals surface area contributed by atoms with E-state index < -0.39 is 0 Å². The van der Waals surface area contributed by atoms with Crippen molar-refractivity contribution in [1.82, 2.24) is 0 Å². The van der Waals surface area contributed by atoms with Gasteiger partial charge in [-0.15, -0.1) is 0 Å². The molecule has 0 unspecified atom stereocenters. The number of fused-ring (bicyclic) bond motifs is 2.